The molecule has 4 aliphatic carbocycles. The molecule has 0 bridgehead atoms. The van der Waals surface area contributed by atoms with Gasteiger partial charge in [-0.1, -0.05) is 112 Å². The summed E-state index contributed by atoms with van der Waals surface area (Å²) in [5.41, 5.74) is 8.84. The number of halogens is 2. The molecule has 0 heterocycles. The summed E-state index contributed by atoms with van der Waals surface area (Å²) in [6.07, 6.45) is 0. The minimum atomic E-state index is 0. The maximum atomic E-state index is 2.32. The molecule has 0 spiro atoms. The first-order chi connectivity index (χ1) is 16.1. The van der Waals surface area contributed by atoms with Crippen molar-refractivity contribution >= 4 is 21.5 Å². The Morgan fingerprint density at radius 2 is 0.838 bits per heavy atom. The van der Waals surface area contributed by atoms with Gasteiger partial charge in [0.05, 0.1) is 0 Å². The van der Waals surface area contributed by atoms with Crippen LogP contribution in [0.3, 0.4) is 0 Å². The molecule has 3 heteroatoms. The van der Waals surface area contributed by atoms with E-state index in [0.717, 1.165) is 0 Å². The van der Waals surface area contributed by atoms with Gasteiger partial charge in [0, 0.05) is 0 Å². The predicted octanol–water partition coefficient (Wildman–Crippen LogP) is 3.93. The minimum Gasteiger partial charge on any atom is -1.00 e. The van der Waals surface area contributed by atoms with Gasteiger partial charge < -0.3 is 24.8 Å². The van der Waals surface area contributed by atoms with Crippen LogP contribution in [0.2, 0.25) is 0 Å². The predicted molar refractivity (Wildman–Crippen MR) is 150 cm³/mol. The maximum absolute atomic E-state index is 2.32. The van der Waals surface area contributed by atoms with Gasteiger partial charge >= 0.3 is 26.2 Å². The molecule has 0 atom stereocenters. The largest absolute Gasteiger partial charge is 2.00 e. The van der Waals surface area contributed by atoms with Crippen LogP contribution in [0.1, 0.15) is 52.7 Å². The van der Waals surface area contributed by atoms with Crippen LogP contribution < -0.4 is 24.8 Å². The van der Waals surface area contributed by atoms with E-state index in [2.05, 4.69) is 139 Å². The fourth-order valence-corrected chi connectivity index (χ4v) is 5.27. The van der Waals surface area contributed by atoms with Gasteiger partial charge in [-0.25, -0.2) is 0 Å². The van der Waals surface area contributed by atoms with Gasteiger partial charge in [-0.2, -0.15) is 0 Å². The standard InChI is InChI=1S/2C17H17.2ClH.Zr/c2*1-17(2,3)16-10-6-9-14-13-8-5-4-7-12(13)11-15(14)16;;;/h2*4-11H,1-3H3;2*1H;/q2*-1;;;+2/p-2. The Morgan fingerprint density at radius 1 is 0.486 bits per heavy atom. The molecule has 0 N–H and O–H groups in total. The Bertz CT molecular complexity index is 1400. The van der Waals surface area contributed by atoms with Crippen molar-refractivity contribution in [1.29, 1.82) is 0 Å². The van der Waals surface area contributed by atoms with E-state index in [1.165, 1.54) is 54.9 Å². The number of hydrogen-bond acceptors (Lipinski definition) is 0. The second kappa shape index (κ2) is 11.9. The molecule has 4 aliphatic rings. The first-order valence-corrected chi connectivity index (χ1v) is 12.3. The molecule has 2 aromatic rings. The van der Waals surface area contributed by atoms with Gasteiger partial charge in [0.1, 0.15) is 0 Å². The first-order valence-electron chi connectivity index (χ1n) is 12.3. The molecule has 0 amide bonds. The Labute approximate surface area is 253 Å². The van der Waals surface area contributed by atoms with E-state index in [0.29, 0.717) is 0 Å². The molecule has 0 fully saturated rings. The van der Waals surface area contributed by atoms with Crippen LogP contribution in [0.15, 0.2) is 97.1 Å². The van der Waals surface area contributed by atoms with E-state index in [1.807, 2.05) is 0 Å². The van der Waals surface area contributed by atoms with Crippen LogP contribution in [0.4, 0.5) is 0 Å². The Balaban J connectivity index is 0.000000241. The quantitative estimate of drug-likeness (QED) is 0.231. The first kappa shape index (κ1) is 31.3. The zero-order valence-corrected chi connectivity index (χ0v) is 26.5. The van der Waals surface area contributed by atoms with Gasteiger partial charge in [0.25, 0.3) is 0 Å². The Morgan fingerprint density at radius 3 is 1.19 bits per heavy atom. The zero-order valence-electron chi connectivity index (χ0n) is 22.5. The van der Waals surface area contributed by atoms with Crippen LogP contribution in [0.5, 0.6) is 0 Å². The van der Waals surface area contributed by atoms with Gasteiger partial charge in [-0.15, -0.1) is 81.9 Å². The number of hydrogen-bond donors (Lipinski definition) is 0. The van der Waals surface area contributed by atoms with Crippen molar-refractivity contribution < 1.29 is 51.0 Å². The molecular formula is C34H34Cl2Zr-2. The van der Waals surface area contributed by atoms with Crippen molar-refractivity contribution in [3.8, 4) is 22.3 Å². The van der Waals surface area contributed by atoms with Crippen molar-refractivity contribution in [2.75, 3.05) is 0 Å². The molecule has 0 nitrogen and oxygen atoms in total. The van der Waals surface area contributed by atoms with E-state index >= 15 is 0 Å². The van der Waals surface area contributed by atoms with Gasteiger partial charge in [0.2, 0.25) is 0 Å². The zero-order chi connectivity index (χ0) is 24.1. The number of rotatable bonds is 0. The maximum Gasteiger partial charge on any atom is 2.00 e. The van der Waals surface area contributed by atoms with Crippen molar-refractivity contribution in [3.63, 3.8) is 0 Å². The smallest absolute Gasteiger partial charge is 1.00 e. The third-order valence-electron chi connectivity index (χ3n) is 6.93. The van der Waals surface area contributed by atoms with Crippen LogP contribution in [-0.4, -0.2) is 0 Å². The van der Waals surface area contributed by atoms with Crippen LogP contribution in [0, 0.1) is 0 Å². The molecule has 0 saturated carbocycles. The van der Waals surface area contributed by atoms with Crippen LogP contribution in [0.25, 0.3) is 43.8 Å². The average molecular weight is 605 g/mol. The SMILES string of the molecule is CC(C)(C)[c-]1cccc2c3ccccc3cc1-2.CC(C)(C)[c-]1cccc2c3ccccc3cc1-2.[Cl-].[Cl-].[Zr+2]. The molecule has 0 saturated heterocycles. The second-order valence-corrected chi connectivity index (χ2v) is 11.5. The number of fused-ring (bicyclic) bond motifs is 6. The summed E-state index contributed by atoms with van der Waals surface area (Å²) >= 11 is 0. The van der Waals surface area contributed by atoms with Crippen LogP contribution >= 0.6 is 0 Å². The number of benzene rings is 4. The monoisotopic (exact) mass is 602 g/mol. The molecular weight excluding hydrogens is 571 g/mol. The average Bonchev–Trinajstić information content (AvgIpc) is 3.36. The summed E-state index contributed by atoms with van der Waals surface area (Å²) < 4.78 is 0. The molecule has 37 heavy (non-hydrogen) atoms. The molecule has 0 aromatic heterocycles. The fraction of sp³-hybridized carbons (Fsp3) is 0.235. The minimum absolute atomic E-state index is 0. The summed E-state index contributed by atoms with van der Waals surface area (Å²) in [6.45, 7) is 13.7. The van der Waals surface area contributed by atoms with Crippen molar-refractivity contribution in [3.05, 3.63) is 108 Å². The summed E-state index contributed by atoms with van der Waals surface area (Å²) in [6, 6.07) is 35.2. The molecule has 0 aliphatic heterocycles. The Kier molecular flexibility index (Phi) is 10.0. The topological polar surface area (TPSA) is 0 Å². The Hall–Kier alpha value is -1.92. The van der Waals surface area contributed by atoms with Gasteiger partial charge in [0.15, 0.2) is 0 Å². The molecule has 190 valence electrons. The van der Waals surface area contributed by atoms with Crippen molar-refractivity contribution in [1.82, 2.24) is 0 Å². The van der Waals surface area contributed by atoms with E-state index < -0.39 is 0 Å². The summed E-state index contributed by atoms with van der Waals surface area (Å²) in [7, 11) is 0. The van der Waals surface area contributed by atoms with E-state index in [-0.39, 0.29) is 61.8 Å². The van der Waals surface area contributed by atoms with E-state index in [4.69, 9.17) is 0 Å². The van der Waals surface area contributed by atoms with Crippen LogP contribution in [-0.2, 0) is 37.0 Å². The summed E-state index contributed by atoms with van der Waals surface area (Å²) in [5.74, 6) is 0. The van der Waals surface area contributed by atoms with Crippen molar-refractivity contribution in [2.24, 2.45) is 0 Å². The summed E-state index contributed by atoms with van der Waals surface area (Å²) in [4.78, 5) is 0. The van der Waals surface area contributed by atoms with E-state index in [1.54, 1.807) is 0 Å². The fourth-order valence-electron chi connectivity index (χ4n) is 5.27. The molecule has 0 unspecified atom stereocenters. The molecule has 0 radical (unpaired) electrons. The van der Waals surface area contributed by atoms with Gasteiger partial charge in [-0.3, -0.25) is 0 Å². The third kappa shape index (κ3) is 6.06. The van der Waals surface area contributed by atoms with Gasteiger partial charge in [-0.05, 0) is 10.8 Å². The third-order valence-corrected chi connectivity index (χ3v) is 6.93. The normalized spacial score (nSPS) is 11.4. The molecule has 6 rings (SSSR count). The van der Waals surface area contributed by atoms with Crippen molar-refractivity contribution in [2.45, 2.75) is 52.4 Å². The van der Waals surface area contributed by atoms with E-state index in [9.17, 15) is 0 Å². The molecule has 2 aromatic carbocycles. The summed E-state index contributed by atoms with van der Waals surface area (Å²) in [5, 5.41) is 5.43. The second-order valence-electron chi connectivity index (χ2n) is 11.5.